The molecule has 0 spiro atoms. The minimum atomic E-state index is -0.568. The van der Waals surface area contributed by atoms with Gasteiger partial charge >= 0.3 is 5.97 Å². The number of rotatable bonds is 4. The number of nitriles is 1. The van der Waals surface area contributed by atoms with Gasteiger partial charge in [-0.05, 0) is 23.9 Å². The molecule has 5 nitrogen and oxygen atoms in total. The van der Waals surface area contributed by atoms with Gasteiger partial charge in [-0.15, -0.1) is 11.3 Å². The Hall–Kier alpha value is -3.04. The lowest BCUT2D eigenvalue weighted by molar-refractivity contribution is -0.140. The molecule has 3 rings (SSSR count). The van der Waals surface area contributed by atoms with E-state index in [-0.39, 0.29) is 18.1 Å². The molecule has 1 aliphatic rings. The molecule has 2 heterocycles. The number of carbonyl (C=O) groups is 1. The van der Waals surface area contributed by atoms with Gasteiger partial charge in [-0.25, -0.2) is 4.79 Å². The quantitative estimate of drug-likeness (QED) is 0.850. The first-order valence-electron chi connectivity index (χ1n) is 7.64. The van der Waals surface area contributed by atoms with E-state index in [4.69, 9.17) is 15.2 Å². The molecule has 6 heteroatoms. The normalized spacial score (nSPS) is 17.0. The van der Waals surface area contributed by atoms with Crippen LogP contribution in [-0.2, 0) is 20.9 Å². The van der Waals surface area contributed by atoms with Crippen LogP contribution >= 0.6 is 11.3 Å². The summed E-state index contributed by atoms with van der Waals surface area (Å²) in [5, 5.41) is 11.4. The standard InChI is InChI=1S/C19H16N2O3S/c1-12-16(19(22)23-11-13-6-3-2-4-7-13)17(15-8-5-9-25-15)14(10-20)18(21)24-12/h2-9,17H,11,21H2,1H3/t17-/m1/s1. The second kappa shape index (κ2) is 7.24. The minimum absolute atomic E-state index is 0.0259. The highest BCUT2D eigenvalue weighted by atomic mass is 32.1. The van der Waals surface area contributed by atoms with E-state index in [0.29, 0.717) is 11.3 Å². The third-order valence-electron chi connectivity index (χ3n) is 3.87. The molecule has 0 bridgehead atoms. The van der Waals surface area contributed by atoms with Crippen molar-refractivity contribution in [2.24, 2.45) is 5.73 Å². The number of hydrogen-bond acceptors (Lipinski definition) is 6. The van der Waals surface area contributed by atoms with E-state index in [2.05, 4.69) is 6.07 Å². The first kappa shape index (κ1) is 16.8. The lowest BCUT2D eigenvalue weighted by Gasteiger charge is -2.25. The van der Waals surface area contributed by atoms with Crippen LogP contribution in [0.25, 0.3) is 0 Å². The summed E-state index contributed by atoms with van der Waals surface area (Å²) in [5.74, 6) is -0.701. The zero-order valence-electron chi connectivity index (χ0n) is 13.6. The third-order valence-corrected chi connectivity index (χ3v) is 4.80. The Balaban J connectivity index is 1.90. The molecule has 0 saturated heterocycles. The van der Waals surface area contributed by atoms with Crippen molar-refractivity contribution in [1.82, 2.24) is 0 Å². The van der Waals surface area contributed by atoms with Gasteiger partial charge in [0.25, 0.3) is 0 Å². The molecule has 126 valence electrons. The molecule has 0 amide bonds. The Kier molecular flexibility index (Phi) is 4.87. The molecule has 1 aromatic carbocycles. The van der Waals surface area contributed by atoms with Crippen molar-refractivity contribution in [3.05, 3.63) is 81.1 Å². The predicted molar refractivity (Wildman–Crippen MR) is 93.9 cm³/mol. The SMILES string of the molecule is CC1=C(C(=O)OCc2ccccc2)[C@@H](c2cccs2)C(C#N)=C(N)O1. The average molecular weight is 352 g/mol. The van der Waals surface area contributed by atoms with Gasteiger partial charge in [-0.2, -0.15) is 5.26 Å². The first-order chi connectivity index (χ1) is 12.1. The van der Waals surface area contributed by atoms with Crippen LogP contribution in [-0.4, -0.2) is 5.97 Å². The van der Waals surface area contributed by atoms with Crippen LogP contribution < -0.4 is 5.73 Å². The van der Waals surface area contributed by atoms with Crippen LogP contribution in [0, 0.1) is 11.3 Å². The number of nitrogens with two attached hydrogens (primary N) is 1. The molecule has 0 saturated carbocycles. The number of thiophene rings is 1. The fourth-order valence-corrected chi connectivity index (χ4v) is 3.53. The Morgan fingerprint density at radius 1 is 1.32 bits per heavy atom. The van der Waals surface area contributed by atoms with Gasteiger partial charge in [0.2, 0.25) is 5.88 Å². The predicted octanol–water partition coefficient (Wildman–Crippen LogP) is 3.57. The lowest BCUT2D eigenvalue weighted by atomic mass is 9.87. The van der Waals surface area contributed by atoms with Gasteiger partial charge in [0.05, 0.1) is 11.5 Å². The molecule has 1 aromatic heterocycles. The summed E-state index contributed by atoms with van der Waals surface area (Å²) in [6.07, 6.45) is 0. The summed E-state index contributed by atoms with van der Waals surface area (Å²) < 4.78 is 10.9. The highest BCUT2D eigenvalue weighted by Gasteiger charge is 2.36. The molecule has 1 aliphatic heterocycles. The maximum Gasteiger partial charge on any atom is 0.338 e. The largest absolute Gasteiger partial charge is 0.457 e. The van der Waals surface area contributed by atoms with Crippen molar-refractivity contribution >= 4 is 17.3 Å². The molecule has 0 aliphatic carbocycles. The molecular weight excluding hydrogens is 336 g/mol. The van der Waals surface area contributed by atoms with E-state index in [9.17, 15) is 10.1 Å². The van der Waals surface area contributed by atoms with Crippen LogP contribution in [0.5, 0.6) is 0 Å². The highest BCUT2D eigenvalue weighted by Crippen LogP contribution is 2.41. The van der Waals surface area contributed by atoms with Gasteiger partial charge in [0, 0.05) is 4.88 Å². The van der Waals surface area contributed by atoms with Gasteiger partial charge in [-0.3, -0.25) is 0 Å². The maximum absolute atomic E-state index is 12.7. The van der Waals surface area contributed by atoms with Crippen molar-refractivity contribution in [1.29, 1.82) is 5.26 Å². The summed E-state index contributed by atoms with van der Waals surface area (Å²) in [7, 11) is 0. The maximum atomic E-state index is 12.7. The number of hydrogen-bond donors (Lipinski definition) is 1. The smallest absolute Gasteiger partial charge is 0.338 e. The summed E-state index contributed by atoms with van der Waals surface area (Å²) in [6, 6.07) is 15.2. The van der Waals surface area contributed by atoms with Gasteiger partial charge in [0.15, 0.2) is 0 Å². The van der Waals surface area contributed by atoms with E-state index < -0.39 is 11.9 Å². The van der Waals surface area contributed by atoms with Crippen molar-refractivity contribution in [3.8, 4) is 6.07 Å². The Morgan fingerprint density at radius 2 is 2.08 bits per heavy atom. The zero-order valence-corrected chi connectivity index (χ0v) is 14.4. The van der Waals surface area contributed by atoms with Crippen LogP contribution in [0.2, 0.25) is 0 Å². The highest BCUT2D eigenvalue weighted by molar-refractivity contribution is 7.10. The van der Waals surface area contributed by atoms with E-state index in [0.717, 1.165) is 10.4 Å². The van der Waals surface area contributed by atoms with Crippen molar-refractivity contribution in [3.63, 3.8) is 0 Å². The van der Waals surface area contributed by atoms with Crippen LogP contribution in [0.1, 0.15) is 23.3 Å². The first-order valence-corrected chi connectivity index (χ1v) is 8.52. The Bertz CT molecular complexity index is 877. The van der Waals surface area contributed by atoms with Crippen molar-refractivity contribution in [2.45, 2.75) is 19.4 Å². The second-order valence-corrected chi connectivity index (χ2v) is 6.45. The third kappa shape index (κ3) is 3.42. The van der Waals surface area contributed by atoms with E-state index in [1.165, 1.54) is 11.3 Å². The van der Waals surface area contributed by atoms with Crippen LogP contribution in [0.3, 0.4) is 0 Å². The number of ether oxygens (including phenoxy) is 2. The molecular formula is C19H16N2O3S. The van der Waals surface area contributed by atoms with E-state index in [1.807, 2.05) is 47.8 Å². The second-order valence-electron chi connectivity index (χ2n) is 5.47. The number of benzene rings is 1. The topological polar surface area (TPSA) is 85.3 Å². The fraction of sp³-hybridized carbons (Fsp3) is 0.158. The van der Waals surface area contributed by atoms with Gasteiger partial charge in [0.1, 0.15) is 24.0 Å². The number of carbonyl (C=O) groups excluding carboxylic acids is 1. The average Bonchev–Trinajstić information content (AvgIpc) is 3.14. The van der Waals surface area contributed by atoms with Crippen molar-refractivity contribution < 1.29 is 14.3 Å². The summed E-state index contributed by atoms with van der Waals surface area (Å²) in [6.45, 7) is 1.80. The molecule has 2 N–H and O–H groups in total. The molecule has 0 unspecified atom stereocenters. The van der Waals surface area contributed by atoms with Crippen LogP contribution in [0.15, 0.2) is 70.6 Å². The van der Waals surface area contributed by atoms with Gasteiger partial charge < -0.3 is 15.2 Å². The Labute approximate surface area is 149 Å². The molecule has 1 atom stereocenters. The number of esters is 1. The fourth-order valence-electron chi connectivity index (χ4n) is 2.69. The number of nitrogens with zero attached hydrogens (tertiary/aromatic N) is 1. The molecule has 0 radical (unpaired) electrons. The molecule has 25 heavy (non-hydrogen) atoms. The van der Waals surface area contributed by atoms with Crippen molar-refractivity contribution in [2.75, 3.05) is 0 Å². The summed E-state index contributed by atoms with van der Waals surface area (Å²) >= 11 is 1.45. The zero-order chi connectivity index (χ0) is 17.8. The number of allylic oxidation sites excluding steroid dienone is 2. The van der Waals surface area contributed by atoms with Crippen LogP contribution in [0.4, 0.5) is 0 Å². The Morgan fingerprint density at radius 3 is 2.72 bits per heavy atom. The minimum Gasteiger partial charge on any atom is -0.457 e. The molecule has 2 aromatic rings. The van der Waals surface area contributed by atoms with E-state index >= 15 is 0 Å². The summed E-state index contributed by atoms with van der Waals surface area (Å²) in [4.78, 5) is 13.6. The monoisotopic (exact) mass is 352 g/mol. The van der Waals surface area contributed by atoms with Gasteiger partial charge in [-0.1, -0.05) is 36.4 Å². The molecule has 0 fully saturated rings. The van der Waals surface area contributed by atoms with E-state index in [1.54, 1.807) is 6.92 Å². The lowest BCUT2D eigenvalue weighted by Crippen LogP contribution is -2.25. The summed E-state index contributed by atoms with van der Waals surface area (Å²) in [5.41, 5.74) is 7.27.